The van der Waals surface area contributed by atoms with Gasteiger partial charge in [-0.1, -0.05) is 68.5 Å². The SMILES string of the molecule is CN1/C(=C/C=C/C=C/C2=[N+](C)c3ccccc3C2(C)C)C(C)(C)c2ccccc21.[O-][Cl+3]([O-])([O-])[O-]. The molecule has 0 fully saturated rings. The Morgan fingerprint density at radius 3 is 1.94 bits per heavy atom. The lowest BCUT2D eigenvalue weighted by molar-refractivity contribution is -2.00. The van der Waals surface area contributed by atoms with Gasteiger partial charge in [-0.25, -0.2) is 18.6 Å². The Bertz CT molecular complexity index is 1180. The molecule has 0 saturated carbocycles. The molecule has 0 amide bonds. The second kappa shape index (κ2) is 9.49. The highest BCUT2D eigenvalue weighted by Gasteiger charge is 2.42. The number of halogens is 1. The topological polar surface area (TPSA) is 98.5 Å². The van der Waals surface area contributed by atoms with Gasteiger partial charge in [0.1, 0.15) is 7.05 Å². The van der Waals surface area contributed by atoms with E-state index >= 15 is 0 Å². The van der Waals surface area contributed by atoms with E-state index in [9.17, 15) is 0 Å². The van der Waals surface area contributed by atoms with E-state index in [-0.39, 0.29) is 10.8 Å². The third kappa shape index (κ3) is 5.17. The van der Waals surface area contributed by atoms with E-state index in [0.717, 1.165) is 0 Å². The number of benzene rings is 2. The van der Waals surface area contributed by atoms with Gasteiger partial charge in [0.25, 0.3) is 0 Å². The maximum absolute atomic E-state index is 8.49. The number of hydrogen-bond donors (Lipinski definition) is 0. The van der Waals surface area contributed by atoms with Crippen LogP contribution in [0.15, 0.2) is 84.6 Å². The van der Waals surface area contributed by atoms with Crippen molar-refractivity contribution in [2.24, 2.45) is 0 Å². The van der Waals surface area contributed by atoms with Gasteiger partial charge in [0.05, 0.1) is 5.41 Å². The van der Waals surface area contributed by atoms with Gasteiger partial charge in [-0.05, 0) is 31.6 Å². The molecule has 7 heteroatoms. The summed E-state index contributed by atoms with van der Waals surface area (Å²) in [5.74, 6) is 0. The van der Waals surface area contributed by atoms with Gasteiger partial charge in [-0.3, -0.25) is 0 Å². The molecule has 6 nitrogen and oxygen atoms in total. The quantitative estimate of drug-likeness (QED) is 0.486. The lowest BCUT2D eigenvalue weighted by Crippen LogP contribution is -2.68. The number of para-hydroxylation sites is 2. The highest BCUT2D eigenvalue weighted by Crippen LogP contribution is 2.46. The molecule has 0 bridgehead atoms. The molecule has 0 atom stereocenters. The molecule has 0 radical (unpaired) electrons. The van der Waals surface area contributed by atoms with E-state index in [2.05, 4.69) is 130 Å². The van der Waals surface area contributed by atoms with Crippen LogP contribution in [-0.2, 0) is 10.8 Å². The molecule has 0 spiro atoms. The van der Waals surface area contributed by atoms with Crippen molar-refractivity contribution in [1.82, 2.24) is 0 Å². The van der Waals surface area contributed by atoms with Crippen molar-refractivity contribution in [2.45, 2.75) is 38.5 Å². The molecule has 0 aromatic heterocycles. The number of anilines is 1. The molecule has 180 valence electrons. The largest absolute Gasteiger partial charge is 0.347 e. The zero-order valence-corrected chi connectivity index (χ0v) is 21.2. The van der Waals surface area contributed by atoms with Crippen molar-refractivity contribution in [1.29, 1.82) is 0 Å². The number of allylic oxidation sites excluding steroid dienone is 6. The summed E-state index contributed by atoms with van der Waals surface area (Å²) in [7, 11) is -0.627. The summed E-state index contributed by atoms with van der Waals surface area (Å²) in [5, 5.41) is 0. The number of rotatable bonds is 3. The minimum Gasteiger partial charge on any atom is -0.347 e. The lowest BCUT2D eigenvalue weighted by atomic mass is 9.81. The zero-order valence-electron chi connectivity index (χ0n) is 20.4. The van der Waals surface area contributed by atoms with Gasteiger partial charge in [0, 0.05) is 41.6 Å². The third-order valence-electron chi connectivity index (χ3n) is 6.61. The highest BCUT2D eigenvalue weighted by atomic mass is 35.7. The van der Waals surface area contributed by atoms with Gasteiger partial charge in [0.15, 0.2) is 5.71 Å². The van der Waals surface area contributed by atoms with Crippen LogP contribution in [0.4, 0.5) is 11.4 Å². The van der Waals surface area contributed by atoms with E-state index in [0.29, 0.717) is 0 Å². The molecule has 0 aliphatic carbocycles. The fourth-order valence-electron chi connectivity index (χ4n) is 4.96. The molecule has 0 saturated heterocycles. The van der Waals surface area contributed by atoms with Crippen LogP contribution in [0.3, 0.4) is 0 Å². The number of hydrogen-bond acceptors (Lipinski definition) is 5. The van der Waals surface area contributed by atoms with Gasteiger partial charge in [-0.15, -0.1) is 10.2 Å². The molecular weight excluding hydrogens is 452 g/mol. The normalized spacial score (nSPS) is 19.6. The van der Waals surface area contributed by atoms with E-state index in [4.69, 9.17) is 18.6 Å². The molecule has 0 N–H and O–H groups in total. The Morgan fingerprint density at radius 2 is 1.35 bits per heavy atom. The van der Waals surface area contributed by atoms with Gasteiger partial charge in [0.2, 0.25) is 5.69 Å². The molecule has 34 heavy (non-hydrogen) atoms. The van der Waals surface area contributed by atoms with Crippen molar-refractivity contribution >= 4 is 17.1 Å². The van der Waals surface area contributed by atoms with E-state index in [1.807, 2.05) is 0 Å². The predicted octanol–water partition coefficient (Wildman–Crippen LogP) is 1.36. The summed E-state index contributed by atoms with van der Waals surface area (Å²) in [6.07, 6.45) is 10.9. The predicted molar refractivity (Wildman–Crippen MR) is 125 cm³/mol. The first-order chi connectivity index (χ1) is 15.8. The maximum Gasteiger partial charge on any atom is 0.209 e. The molecule has 0 unspecified atom stereocenters. The summed E-state index contributed by atoms with van der Waals surface area (Å²) < 4.78 is 36.3. The van der Waals surface area contributed by atoms with Crippen LogP contribution in [0.5, 0.6) is 0 Å². The second-order valence-corrected chi connectivity index (χ2v) is 10.2. The first-order valence-electron chi connectivity index (χ1n) is 11.0. The minimum atomic E-state index is -4.94. The van der Waals surface area contributed by atoms with Gasteiger partial charge >= 0.3 is 0 Å². The standard InChI is InChI=1S/C27H31N2.ClHO4/c1-26(2)20-14-10-12-16-22(20)28(5)24(26)18-8-7-9-19-25-27(3,4)21-15-11-13-17-23(21)29(25)6;2-1(3,4)5/h7-19H,1-6H3;(H,2,3,4,5)/q+1;/p-1. The average molecular weight is 483 g/mol. The van der Waals surface area contributed by atoms with E-state index < -0.39 is 10.2 Å². The fourth-order valence-corrected chi connectivity index (χ4v) is 4.96. The van der Waals surface area contributed by atoms with Crippen molar-refractivity contribution in [3.05, 3.63) is 95.7 Å². The lowest BCUT2D eigenvalue weighted by Gasteiger charge is -2.23. The highest BCUT2D eigenvalue weighted by molar-refractivity contribution is 6.03. The molecule has 2 aromatic carbocycles. The average Bonchev–Trinajstić information content (AvgIpc) is 3.06. The van der Waals surface area contributed by atoms with Crippen molar-refractivity contribution in [3.63, 3.8) is 0 Å². The smallest absolute Gasteiger partial charge is 0.209 e. The maximum atomic E-state index is 8.49. The van der Waals surface area contributed by atoms with Gasteiger partial charge in [-0.2, -0.15) is 4.58 Å². The third-order valence-corrected chi connectivity index (χ3v) is 6.61. The van der Waals surface area contributed by atoms with Crippen LogP contribution in [0.1, 0.15) is 38.8 Å². The van der Waals surface area contributed by atoms with Crippen LogP contribution in [0, 0.1) is 10.2 Å². The molecule has 2 aromatic rings. The fraction of sp³-hybridized carbons (Fsp3) is 0.296. The zero-order chi connectivity index (χ0) is 25.3. The van der Waals surface area contributed by atoms with E-state index in [1.54, 1.807) is 0 Å². The van der Waals surface area contributed by atoms with Crippen LogP contribution in [0.25, 0.3) is 0 Å². The summed E-state index contributed by atoms with van der Waals surface area (Å²) >= 11 is 0. The molecule has 2 aliphatic rings. The molecular formula is C27H31ClN2O4. The molecule has 4 rings (SSSR count). The van der Waals surface area contributed by atoms with Crippen LogP contribution in [-0.4, -0.2) is 24.4 Å². The van der Waals surface area contributed by atoms with E-state index in [1.165, 1.54) is 33.9 Å². The molecule has 2 heterocycles. The number of fused-ring (bicyclic) bond motifs is 2. The minimum absolute atomic E-state index is 0.0173. The van der Waals surface area contributed by atoms with Crippen LogP contribution in [0.2, 0.25) is 0 Å². The van der Waals surface area contributed by atoms with Gasteiger partial charge < -0.3 is 4.90 Å². The Hall–Kier alpha value is -2.74. The van der Waals surface area contributed by atoms with Crippen molar-refractivity contribution in [3.8, 4) is 0 Å². The van der Waals surface area contributed by atoms with Crippen molar-refractivity contribution < 1.29 is 33.5 Å². The Balaban J connectivity index is 0.000000588. The first kappa shape index (κ1) is 25.9. The van der Waals surface area contributed by atoms with Crippen molar-refractivity contribution in [2.75, 3.05) is 19.0 Å². The molecule has 2 aliphatic heterocycles. The Kier molecular flexibility index (Phi) is 7.22. The Morgan fingerprint density at radius 1 is 0.794 bits per heavy atom. The Labute approximate surface area is 203 Å². The number of nitrogens with zero attached hydrogens (tertiary/aromatic N) is 2. The summed E-state index contributed by atoms with van der Waals surface area (Å²) in [6, 6.07) is 17.4. The summed E-state index contributed by atoms with van der Waals surface area (Å²) in [5.41, 5.74) is 8.06. The second-order valence-electron chi connectivity index (χ2n) is 9.46. The van der Waals surface area contributed by atoms with Crippen LogP contribution < -0.4 is 23.5 Å². The summed E-state index contributed by atoms with van der Waals surface area (Å²) in [4.78, 5) is 2.31. The monoisotopic (exact) mass is 482 g/mol. The summed E-state index contributed by atoms with van der Waals surface area (Å²) in [6.45, 7) is 9.20. The first-order valence-corrected chi connectivity index (χ1v) is 12.2. The van der Waals surface area contributed by atoms with Crippen LogP contribution >= 0.6 is 0 Å². The number of likely N-dealkylation sites (N-methyl/N-ethyl adjacent to an activating group) is 1.